The van der Waals surface area contributed by atoms with E-state index < -0.39 is 6.04 Å². The van der Waals surface area contributed by atoms with Gasteiger partial charge in [0.2, 0.25) is 5.91 Å². The Morgan fingerprint density at radius 1 is 1.03 bits per heavy atom. The second-order valence-corrected chi connectivity index (χ2v) is 8.66. The highest BCUT2D eigenvalue weighted by Gasteiger charge is 2.32. The molecule has 0 saturated carbocycles. The van der Waals surface area contributed by atoms with Crippen molar-refractivity contribution in [3.63, 3.8) is 0 Å². The third kappa shape index (κ3) is 5.28. The van der Waals surface area contributed by atoms with Crippen LogP contribution in [0.25, 0.3) is 0 Å². The highest BCUT2D eigenvalue weighted by Crippen LogP contribution is 2.19. The molecule has 0 aliphatic carbocycles. The van der Waals surface area contributed by atoms with E-state index in [2.05, 4.69) is 41.9 Å². The largest absolute Gasteiger partial charge is 0.339 e. The van der Waals surface area contributed by atoms with Crippen molar-refractivity contribution in [2.45, 2.75) is 65.1 Å². The van der Waals surface area contributed by atoms with Crippen LogP contribution < -0.4 is 16.0 Å². The number of nitrogens with one attached hydrogen (secondary N) is 2. The third-order valence-electron chi connectivity index (χ3n) is 6.16. The lowest BCUT2D eigenvalue weighted by Crippen LogP contribution is -2.93. The van der Waals surface area contributed by atoms with Gasteiger partial charge in [-0.25, -0.2) is 0 Å². The average molecular weight is 409 g/mol. The molecule has 3 rings (SSSR count). The first-order valence-corrected chi connectivity index (χ1v) is 11.0. The molecule has 1 aliphatic rings. The van der Waals surface area contributed by atoms with Gasteiger partial charge in [-0.1, -0.05) is 70.5 Å². The van der Waals surface area contributed by atoms with E-state index in [1.807, 2.05) is 50.2 Å². The van der Waals surface area contributed by atoms with Crippen LogP contribution >= 0.6 is 0 Å². The predicted molar refractivity (Wildman–Crippen MR) is 120 cm³/mol. The Kier molecular flexibility index (Phi) is 7.27. The van der Waals surface area contributed by atoms with E-state index in [0.29, 0.717) is 12.3 Å². The van der Waals surface area contributed by atoms with E-state index in [1.165, 1.54) is 16.7 Å². The first-order valence-electron chi connectivity index (χ1n) is 11.0. The molecular weight excluding hydrogens is 374 g/mol. The number of carbonyl (C=O) groups is 2. The molecule has 2 amide bonds. The standard InChI is InChI=1S/C25H33N3O2/c1-5-17(4)23(25(30)27-21-12-10-18(11-13-21)16(2)3)28-24(29)22-14-19-8-6-7-9-20(19)15-26-22/h6-13,16-17,22-23,26H,5,14-15H2,1-4H3,(H,27,30)(H,28,29)/p+1/t17-,22+,23+/m1/s1. The molecule has 5 heteroatoms. The molecule has 2 aromatic rings. The monoisotopic (exact) mass is 408 g/mol. The summed E-state index contributed by atoms with van der Waals surface area (Å²) in [5.74, 6) is 0.254. The van der Waals surface area contributed by atoms with Crippen LogP contribution in [0.5, 0.6) is 0 Å². The van der Waals surface area contributed by atoms with Gasteiger partial charge in [0.05, 0.1) is 0 Å². The number of carbonyl (C=O) groups excluding carboxylic acids is 2. The Hall–Kier alpha value is -2.66. The first kappa shape index (κ1) is 22.0. The van der Waals surface area contributed by atoms with Crippen LogP contribution in [0.3, 0.4) is 0 Å². The molecule has 0 spiro atoms. The van der Waals surface area contributed by atoms with Gasteiger partial charge in [0.15, 0.2) is 6.04 Å². The van der Waals surface area contributed by atoms with Crippen molar-refractivity contribution in [2.75, 3.05) is 5.32 Å². The van der Waals surface area contributed by atoms with Crippen molar-refractivity contribution < 1.29 is 14.9 Å². The topological polar surface area (TPSA) is 74.8 Å². The Morgan fingerprint density at radius 3 is 2.33 bits per heavy atom. The minimum Gasteiger partial charge on any atom is -0.339 e. The van der Waals surface area contributed by atoms with Gasteiger partial charge in [-0.2, -0.15) is 0 Å². The van der Waals surface area contributed by atoms with Gasteiger partial charge in [-0.05, 0) is 35.1 Å². The van der Waals surface area contributed by atoms with Crippen LogP contribution in [0.15, 0.2) is 48.5 Å². The van der Waals surface area contributed by atoms with Gasteiger partial charge < -0.3 is 16.0 Å². The molecule has 0 radical (unpaired) electrons. The third-order valence-corrected chi connectivity index (χ3v) is 6.16. The highest BCUT2D eigenvalue weighted by molar-refractivity contribution is 5.98. The molecule has 1 aliphatic heterocycles. The van der Waals surface area contributed by atoms with Gasteiger partial charge in [0.1, 0.15) is 12.6 Å². The van der Waals surface area contributed by atoms with Gasteiger partial charge in [-0.3, -0.25) is 9.59 Å². The molecule has 0 fully saturated rings. The molecule has 0 bridgehead atoms. The second kappa shape index (κ2) is 9.90. The smallest absolute Gasteiger partial charge is 0.279 e. The van der Waals surface area contributed by atoms with Gasteiger partial charge in [0, 0.05) is 17.7 Å². The maximum atomic E-state index is 13.0. The second-order valence-electron chi connectivity index (χ2n) is 8.66. The molecule has 0 saturated heterocycles. The lowest BCUT2D eigenvalue weighted by molar-refractivity contribution is -0.695. The number of nitrogens with two attached hydrogens (primary N) is 1. The summed E-state index contributed by atoms with van der Waals surface area (Å²) in [5, 5.41) is 8.08. The number of hydrogen-bond donors (Lipinski definition) is 3. The van der Waals surface area contributed by atoms with Crippen LogP contribution in [0.4, 0.5) is 5.69 Å². The van der Waals surface area contributed by atoms with Crippen LogP contribution in [-0.4, -0.2) is 23.9 Å². The lowest BCUT2D eigenvalue weighted by atomic mass is 9.94. The fraction of sp³-hybridized carbons (Fsp3) is 0.440. The van der Waals surface area contributed by atoms with E-state index in [-0.39, 0.29) is 23.8 Å². The van der Waals surface area contributed by atoms with Crippen LogP contribution in [0.1, 0.15) is 56.7 Å². The van der Waals surface area contributed by atoms with E-state index in [0.717, 1.165) is 18.7 Å². The molecule has 2 aromatic carbocycles. The summed E-state index contributed by atoms with van der Waals surface area (Å²) in [4.78, 5) is 26.0. The Bertz CT molecular complexity index is 876. The minimum absolute atomic E-state index is 0.0414. The quantitative estimate of drug-likeness (QED) is 0.659. The average Bonchev–Trinajstić information content (AvgIpc) is 2.76. The summed E-state index contributed by atoms with van der Waals surface area (Å²) in [6.07, 6.45) is 1.50. The Balaban J connectivity index is 1.66. The maximum absolute atomic E-state index is 13.0. The van der Waals surface area contributed by atoms with Crippen molar-refractivity contribution >= 4 is 17.5 Å². The SMILES string of the molecule is CC[C@@H](C)[C@H](NC(=O)[C@@H]1Cc2ccccc2C[NH2+]1)C(=O)Nc1ccc(C(C)C)cc1. The number of amides is 2. The molecule has 160 valence electrons. The first-order chi connectivity index (χ1) is 14.4. The van der Waals surface area contributed by atoms with Gasteiger partial charge >= 0.3 is 0 Å². The zero-order chi connectivity index (χ0) is 21.7. The van der Waals surface area contributed by atoms with Crippen molar-refractivity contribution in [2.24, 2.45) is 5.92 Å². The summed E-state index contributed by atoms with van der Waals surface area (Å²) in [5.41, 5.74) is 4.48. The summed E-state index contributed by atoms with van der Waals surface area (Å²) in [6, 6.07) is 15.4. The fourth-order valence-electron chi connectivity index (χ4n) is 3.88. The Labute approximate surface area is 179 Å². The summed E-state index contributed by atoms with van der Waals surface area (Å²) >= 11 is 0. The minimum atomic E-state index is -0.558. The zero-order valence-corrected chi connectivity index (χ0v) is 18.4. The van der Waals surface area contributed by atoms with E-state index in [1.54, 1.807) is 0 Å². The van der Waals surface area contributed by atoms with Crippen LogP contribution in [0, 0.1) is 5.92 Å². The molecule has 0 unspecified atom stereocenters. The Morgan fingerprint density at radius 2 is 1.70 bits per heavy atom. The van der Waals surface area contributed by atoms with Crippen LogP contribution in [0.2, 0.25) is 0 Å². The zero-order valence-electron chi connectivity index (χ0n) is 18.4. The molecule has 4 N–H and O–H groups in total. The molecule has 5 nitrogen and oxygen atoms in total. The van der Waals surface area contributed by atoms with Crippen LogP contribution in [-0.2, 0) is 22.6 Å². The van der Waals surface area contributed by atoms with Gasteiger partial charge in [-0.15, -0.1) is 0 Å². The molecular formula is C25H34N3O2+. The number of anilines is 1. The van der Waals surface area contributed by atoms with Crippen molar-refractivity contribution in [3.05, 3.63) is 65.2 Å². The predicted octanol–water partition coefficient (Wildman–Crippen LogP) is 2.97. The van der Waals surface area contributed by atoms with E-state index >= 15 is 0 Å². The summed E-state index contributed by atoms with van der Waals surface area (Å²) in [6.45, 7) is 9.12. The number of fused-ring (bicyclic) bond motifs is 1. The number of quaternary nitrogens is 1. The highest BCUT2D eigenvalue weighted by atomic mass is 16.2. The normalized spacial score (nSPS) is 17.7. The maximum Gasteiger partial charge on any atom is 0.279 e. The number of hydrogen-bond acceptors (Lipinski definition) is 2. The molecule has 0 aromatic heterocycles. The van der Waals surface area contributed by atoms with E-state index in [4.69, 9.17) is 0 Å². The van der Waals surface area contributed by atoms with Crippen molar-refractivity contribution in [1.29, 1.82) is 0 Å². The van der Waals surface area contributed by atoms with Crippen molar-refractivity contribution in [1.82, 2.24) is 5.32 Å². The molecule has 3 atom stereocenters. The number of rotatable bonds is 7. The fourth-order valence-corrected chi connectivity index (χ4v) is 3.88. The summed E-state index contributed by atoms with van der Waals surface area (Å²) < 4.78 is 0. The molecule has 1 heterocycles. The molecule has 30 heavy (non-hydrogen) atoms. The van der Waals surface area contributed by atoms with E-state index in [9.17, 15) is 9.59 Å². The number of benzene rings is 2. The van der Waals surface area contributed by atoms with Gasteiger partial charge in [0.25, 0.3) is 5.91 Å². The summed E-state index contributed by atoms with van der Waals surface area (Å²) in [7, 11) is 0. The van der Waals surface area contributed by atoms with Crippen molar-refractivity contribution in [3.8, 4) is 0 Å². The lowest BCUT2D eigenvalue weighted by Gasteiger charge is -2.27.